The third-order valence-corrected chi connectivity index (χ3v) is 3.42. The Morgan fingerprint density at radius 2 is 1.85 bits per heavy atom. The first-order valence-electron chi connectivity index (χ1n) is 7.85. The first kappa shape index (κ1) is 18.9. The number of nitro groups is 1. The number of esters is 1. The van der Waals surface area contributed by atoms with Gasteiger partial charge in [0.15, 0.2) is 6.61 Å². The highest BCUT2D eigenvalue weighted by Crippen LogP contribution is 2.22. The number of hydrogen-bond acceptors (Lipinski definition) is 6. The molecule has 8 nitrogen and oxygen atoms in total. The highest BCUT2D eigenvalue weighted by atomic mass is 16.6. The monoisotopic (exact) mass is 358 g/mol. The number of anilines is 1. The molecule has 0 bridgehead atoms. The molecule has 2 rings (SSSR count). The van der Waals surface area contributed by atoms with Crippen LogP contribution >= 0.6 is 0 Å². The van der Waals surface area contributed by atoms with Gasteiger partial charge in [0.1, 0.15) is 5.75 Å². The molecule has 8 heteroatoms. The van der Waals surface area contributed by atoms with Crippen LogP contribution in [0.4, 0.5) is 11.4 Å². The molecule has 0 aliphatic carbocycles. The minimum absolute atomic E-state index is 0.103. The molecule has 136 valence electrons. The maximum absolute atomic E-state index is 11.9. The number of nitro benzene ring substituents is 1. The second-order valence-corrected chi connectivity index (χ2v) is 5.34. The zero-order valence-electron chi connectivity index (χ0n) is 14.4. The van der Waals surface area contributed by atoms with Crippen LogP contribution in [0.25, 0.3) is 0 Å². The van der Waals surface area contributed by atoms with E-state index in [2.05, 4.69) is 5.32 Å². The van der Waals surface area contributed by atoms with Crippen LogP contribution in [0.1, 0.15) is 22.8 Å². The third-order valence-electron chi connectivity index (χ3n) is 3.42. The van der Waals surface area contributed by atoms with Crippen molar-refractivity contribution in [1.29, 1.82) is 0 Å². The number of aryl methyl sites for hydroxylation is 1. The number of nitrogens with zero attached hydrogens (tertiary/aromatic N) is 1. The standard InChI is InChI=1S/C18H18N2O6/c1-3-25-15-8-5-13(6-9-15)18(22)26-11-17(21)19-14-7-4-12(2)16(10-14)20(23)24/h4-10H,3,11H2,1-2H3,(H,19,21). The fraction of sp³-hybridized carbons (Fsp3) is 0.222. The molecule has 0 saturated heterocycles. The van der Waals surface area contributed by atoms with Gasteiger partial charge < -0.3 is 14.8 Å². The van der Waals surface area contributed by atoms with Crippen LogP contribution in [-0.2, 0) is 9.53 Å². The van der Waals surface area contributed by atoms with Gasteiger partial charge in [0, 0.05) is 17.3 Å². The van der Waals surface area contributed by atoms with Crippen molar-refractivity contribution in [2.75, 3.05) is 18.5 Å². The molecule has 1 amide bonds. The zero-order chi connectivity index (χ0) is 19.1. The molecule has 0 saturated carbocycles. The van der Waals surface area contributed by atoms with Crippen molar-refractivity contribution in [2.45, 2.75) is 13.8 Å². The van der Waals surface area contributed by atoms with E-state index in [1.54, 1.807) is 19.1 Å². The van der Waals surface area contributed by atoms with E-state index < -0.39 is 23.4 Å². The summed E-state index contributed by atoms with van der Waals surface area (Å²) in [5, 5.41) is 13.4. The second kappa shape index (κ2) is 8.61. The second-order valence-electron chi connectivity index (χ2n) is 5.34. The lowest BCUT2D eigenvalue weighted by Crippen LogP contribution is -2.21. The fourth-order valence-corrected chi connectivity index (χ4v) is 2.15. The van der Waals surface area contributed by atoms with Crippen molar-refractivity contribution < 1.29 is 24.0 Å². The van der Waals surface area contributed by atoms with E-state index in [1.807, 2.05) is 6.92 Å². The van der Waals surface area contributed by atoms with Crippen LogP contribution in [0, 0.1) is 17.0 Å². The molecule has 0 spiro atoms. The number of benzene rings is 2. The average Bonchev–Trinajstić information content (AvgIpc) is 2.62. The Morgan fingerprint density at radius 1 is 1.15 bits per heavy atom. The van der Waals surface area contributed by atoms with E-state index in [4.69, 9.17) is 9.47 Å². The Labute approximate surface area is 149 Å². The lowest BCUT2D eigenvalue weighted by atomic mass is 10.2. The molecule has 0 fully saturated rings. The lowest BCUT2D eigenvalue weighted by Gasteiger charge is -2.08. The Morgan fingerprint density at radius 3 is 2.46 bits per heavy atom. The van der Waals surface area contributed by atoms with Crippen molar-refractivity contribution in [3.05, 3.63) is 63.7 Å². The SMILES string of the molecule is CCOc1ccc(C(=O)OCC(=O)Nc2ccc(C)c([N+](=O)[O-])c2)cc1. The summed E-state index contributed by atoms with van der Waals surface area (Å²) < 4.78 is 10.2. The minimum Gasteiger partial charge on any atom is -0.494 e. The topological polar surface area (TPSA) is 108 Å². The van der Waals surface area contributed by atoms with Crippen LogP contribution in [0.2, 0.25) is 0 Å². The molecule has 0 radical (unpaired) electrons. The van der Waals surface area contributed by atoms with Gasteiger partial charge in [-0.1, -0.05) is 6.07 Å². The number of amides is 1. The van der Waals surface area contributed by atoms with E-state index in [9.17, 15) is 19.7 Å². The summed E-state index contributed by atoms with van der Waals surface area (Å²) >= 11 is 0. The first-order chi connectivity index (χ1) is 12.4. The summed E-state index contributed by atoms with van der Waals surface area (Å²) in [5.41, 5.74) is 0.917. The molecule has 0 atom stereocenters. The summed E-state index contributed by atoms with van der Waals surface area (Å²) in [6.45, 7) is 3.46. The van der Waals surface area contributed by atoms with Gasteiger partial charge in [0.25, 0.3) is 11.6 Å². The van der Waals surface area contributed by atoms with E-state index in [0.717, 1.165) is 0 Å². The van der Waals surface area contributed by atoms with Gasteiger partial charge in [-0.2, -0.15) is 0 Å². The van der Waals surface area contributed by atoms with Crippen molar-refractivity contribution >= 4 is 23.3 Å². The van der Waals surface area contributed by atoms with Crippen LogP contribution in [0.15, 0.2) is 42.5 Å². The maximum Gasteiger partial charge on any atom is 0.338 e. The van der Waals surface area contributed by atoms with E-state index in [-0.39, 0.29) is 16.9 Å². The zero-order valence-corrected chi connectivity index (χ0v) is 14.4. The van der Waals surface area contributed by atoms with Crippen LogP contribution in [0.3, 0.4) is 0 Å². The maximum atomic E-state index is 11.9. The summed E-state index contributed by atoms with van der Waals surface area (Å²) in [6, 6.07) is 10.6. The van der Waals surface area contributed by atoms with Gasteiger partial charge in [0.05, 0.1) is 17.1 Å². The number of hydrogen-bond donors (Lipinski definition) is 1. The molecule has 0 aliphatic heterocycles. The molecule has 0 heterocycles. The summed E-state index contributed by atoms with van der Waals surface area (Å²) in [6.07, 6.45) is 0. The van der Waals surface area contributed by atoms with Crippen LogP contribution < -0.4 is 10.1 Å². The van der Waals surface area contributed by atoms with Crippen molar-refractivity contribution in [3.8, 4) is 5.75 Å². The lowest BCUT2D eigenvalue weighted by molar-refractivity contribution is -0.385. The largest absolute Gasteiger partial charge is 0.494 e. The molecule has 0 aliphatic rings. The minimum atomic E-state index is -0.655. The van der Waals surface area contributed by atoms with Gasteiger partial charge in [-0.05, 0) is 44.2 Å². The fourth-order valence-electron chi connectivity index (χ4n) is 2.15. The molecular formula is C18H18N2O6. The number of rotatable bonds is 7. The van der Waals surface area contributed by atoms with Crippen molar-refractivity contribution in [3.63, 3.8) is 0 Å². The summed E-state index contributed by atoms with van der Waals surface area (Å²) in [7, 11) is 0. The highest BCUT2D eigenvalue weighted by molar-refractivity contribution is 5.95. The van der Waals surface area contributed by atoms with Gasteiger partial charge in [0.2, 0.25) is 0 Å². The van der Waals surface area contributed by atoms with Gasteiger partial charge in [-0.25, -0.2) is 4.79 Å². The number of carbonyl (C=O) groups excluding carboxylic acids is 2. The number of carbonyl (C=O) groups is 2. The Bertz CT molecular complexity index is 817. The van der Waals surface area contributed by atoms with E-state index in [0.29, 0.717) is 17.9 Å². The van der Waals surface area contributed by atoms with Crippen LogP contribution in [-0.4, -0.2) is 30.0 Å². The molecule has 2 aromatic rings. The predicted molar refractivity (Wildman–Crippen MR) is 94.4 cm³/mol. The molecule has 1 N–H and O–H groups in total. The molecule has 2 aromatic carbocycles. The number of nitrogens with one attached hydrogen (secondary N) is 1. The predicted octanol–water partition coefficient (Wildman–Crippen LogP) is 3.10. The quantitative estimate of drug-likeness (QED) is 0.463. The van der Waals surface area contributed by atoms with Gasteiger partial charge >= 0.3 is 5.97 Å². The van der Waals surface area contributed by atoms with Crippen molar-refractivity contribution in [1.82, 2.24) is 0 Å². The summed E-state index contributed by atoms with van der Waals surface area (Å²) in [4.78, 5) is 34.2. The molecular weight excluding hydrogens is 340 g/mol. The smallest absolute Gasteiger partial charge is 0.338 e. The first-order valence-corrected chi connectivity index (χ1v) is 7.85. The van der Waals surface area contributed by atoms with Gasteiger partial charge in [-0.15, -0.1) is 0 Å². The average molecular weight is 358 g/mol. The highest BCUT2D eigenvalue weighted by Gasteiger charge is 2.14. The van der Waals surface area contributed by atoms with Crippen molar-refractivity contribution in [2.24, 2.45) is 0 Å². The van der Waals surface area contributed by atoms with E-state index in [1.165, 1.54) is 30.3 Å². The Kier molecular flexibility index (Phi) is 6.26. The number of ether oxygens (including phenoxy) is 2. The molecule has 26 heavy (non-hydrogen) atoms. The summed E-state index contributed by atoms with van der Waals surface area (Å²) in [5.74, 6) is -0.622. The molecule has 0 unspecified atom stereocenters. The normalized spacial score (nSPS) is 10.1. The Balaban J connectivity index is 1.91. The Hall–Kier alpha value is -3.42. The van der Waals surface area contributed by atoms with E-state index >= 15 is 0 Å². The third kappa shape index (κ3) is 5.04. The van der Waals surface area contributed by atoms with Crippen LogP contribution in [0.5, 0.6) is 5.75 Å². The van der Waals surface area contributed by atoms with Gasteiger partial charge in [-0.3, -0.25) is 14.9 Å². The molecule has 0 aromatic heterocycles.